The average Bonchev–Trinajstić information content (AvgIpc) is 2.94. The van der Waals surface area contributed by atoms with Gasteiger partial charge < -0.3 is 14.2 Å². The molecular formula is C33H26F6O5. The zero-order chi connectivity index (χ0) is 32.4. The third kappa shape index (κ3) is 6.13. The maximum Gasteiger partial charge on any atom is 0.411 e. The summed E-state index contributed by atoms with van der Waals surface area (Å²) in [5, 5.41) is 0. The van der Waals surface area contributed by atoms with Crippen molar-refractivity contribution in [2.75, 3.05) is 7.11 Å². The largest absolute Gasteiger partial charge is 0.496 e. The Balaban J connectivity index is 1.61. The number of halogens is 6. The second kappa shape index (κ2) is 12.1. The number of carbonyl (C=O) groups is 2. The number of ether oxygens (including phenoxy) is 3. The van der Waals surface area contributed by atoms with E-state index in [0.29, 0.717) is 23.1 Å². The summed E-state index contributed by atoms with van der Waals surface area (Å²) in [5.41, 5.74) is -5.94. The first-order valence-corrected chi connectivity index (χ1v) is 13.1. The SMILES string of the molecule is COc1ccc(C(c2ccc(OC(=O)c3ccc(Oc4ccc(C(C)=O)cc4)cc3)c(C)c2)(C(F)(F)F)C(F)(F)F)cc1C. The number of aryl methyl sites for hydroxylation is 2. The maximum absolute atomic E-state index is 14.6. The van der Waals surface area contributed by atoms with Crippen LogP contribution in [0.2, 0.25) is 0 Å². The minimum absolute atomic E-state index is 0.0568. The number of alkyl halides is 6. The van der Waals surface area contributed by atoms with Gasteiger partial charge in [0.05, 0.1) is 12.7 Å². The molecule has 0 saturated carbocycles. The average molecular weight is 617 g/mol. The molecule has 0 aromatic heterocycles. The summed E-state index contributed by atoms with van der Waals surface area (Å²) >= 11 is 0. The molecule has 230 valence electrons. The van der Waals surface area contributed by atoms with Gasteiger partial charge in [0, 0.05) is 5.56 Å². The quantitative estimate of drug-likeness (QED) is 0.0856. The lowest BCUT2D eigenvalue weighted by atomic mass is 9.72. The molecule has 44 heavy (non-hydrogen) atoms. The smallest absolute Gasteiger partial charge is 0.411 e. The van der Waals surface area contributed by atoms with E-state index in [9.17, 15) is 35.9 Å². The van der Waals surface area contributed by atoms with E-state index in [1.54, 1.807) is 24.3 Å². The molecule has 0 fully saturated rings. The lowest BCUT2D eigenvalue weighted by molar-refractivity contribution is -0.288. The van der Waals surface area contributed by atoms with E-state index in [1.807, 2.05) is 0 Å². The molecule has 0 unspecified atom stereocenters. The summed E-state index contributed by atoms with van der Waals surface area (Å²) in [6, 6.07) is 17.0. The molecule has 0 atom stereocenters. The van der Waals surface area contributed by atoms with Gasteiger partial charge in [-0.05, 0) is 104 Å². The van der Waals surface area contributed by atoms with Crippen LogP contribution in [0, 0.1) is 13.8 Å². The number of methoxy groups -OCH3 is 1. The molecule has 0 radical (unpaired) electrons. The molecule has 0 saturated heterocycles. The number of esters is 1. The predicted molar refractivity (Wildman–Crippen MR) is 150 cm³/mol. The summed E-state index contributed by atoms with van der Waals surface area (Å²) < 4.78 is 104. The van der Waals surface area contributed by atoms with Crippen molar-refractivity contribution in [1.29, 1.82) is 0 Å². The van der Waals surface area contributed by atoms with Crippen molar-refractivity contribution in [1.82, 2.24) is 0 Å². The van der Waals surface area contributed by atoms with E-state index in [2.05, 4.69) is 0 Å². The van der Waals surface area contributed by atoms with Crippen LogP contribution in [-0.4, -0.2) is 31.2 Å². The maximum atomic E-state index is 14.6. The van der Waals surface area contributed by atoms with Crippen LogP contribution >= 0.6 is 0 Å². The summed E-state index contributed by atoms with van der Waals surface area (Å²) in [6.07, 6.45) is -11.6. The lowest BCUT2D eigenvalue weighted by Gasteiger charge is -2.38. The second-order valence-corrected chi connectivity index (χ2v) is 10.0. The first-order valence-electron chi connectivity index (χ1n) is 13.1. The van der Waals surface area contributed by atoms with Gasteiger partial charge in [0.25, 0.3) is 0 Å². The van der Waals surface area contributed by atoms with Gasteiger partial charge >= 0.3 is 18.3 Å². The molecule has 4 aromatic rings. The number of Topliss-reactive ketones (excluding diaryl/α,β-unsaturated/α-hetero) is 1. The van der Waals surface area contributed by atoms with Crippen molar-refractivity contribution in [2.45, 2.75) is 38.5 Å². The number of hydrogen-bond acceptors (Lipinski definition) is 5. The van der Waals surface area contributed by atoms with E-state index >= 15 is 0 Å². The second-order valence-electron chi connectivity index (χ2n) is 10.0. The summed E-state index contributed by atoms with van der Waals surface area (Å²) in [4.78, 5) is 24.2. The number of carbonyl (C=O) groups excluding carboxylic acids is 2. The lowest BCUT2D eigenvalue weighted by Crippen LogP contribution is -2.54. The topological polar surface area (TPSA) is 61.8 Å². The molecular weight excluding hydrogens is 590 g/mol. The molecule has 0 bridgehead atoms. The molecule has 0 aliphatic carbocycles. The van der Waals surface area contributed by atoms with Gasteiger partial charge in [-0.25, -0.2) is 4.79 Å². The third-order valence-electron chi connectivity index (χ3n) is 7.08. The Hall–Kier alpha value is -4.80. The summed E-state index contributed by atoms with van der Waals surface area (Å²) in [5.74, 6) is -0.262. The Kier molecular flexibility index (Phi) is 8.81. The highest BCUT2D eigenvalue weighted by atomic mass is 19.4. The van der Waals surface area contributed by atoms with Gasteiger partial charge in [0.15, 0.2) is 5.78 Å². The van der Waals surface area contributed by atoms with E-state index in [-0.39, 0.29) is 34.0 Å². The van der Waals surface area contributed by atoms with E-state index in [4.69, 9.17) is 14.2 Å². The Labute approximate surface area is 249 Å². The van der Waals surface area contributed by atoms with E-state index < -0.39 is 34.9 Å². The van der Waals surface area contributed by atoms with Crippen LogP contribution in [-0.2, 0) is 5.41 Å². The van der Waals surface area contributed by atoms with Crippen molar-refractivity contribution in [3.8, 4) is 23.0 Å². The Bertz CT molecular complexity index is 1660. The molecule has 4 rings (SSSR count). The molecule has 0 aliphatic rings. The van der Waals surface area contributed by atoms with Crippen molar-refractivity contribution in [3.63, 3.8) is 0 Å². The zero-order valence-electron chi connectivity index (χ0n) is 23.9. The number of hydrogen-bond donors (Lipinski definition) is 0. The fraction of sp³-hybridized carbons (Fsp3) is 0.212. The highest BCUT2D eigenvalue weighted by Gasteiger charge is 2.72. The minimum atomic E-state index is -5.78. The number of benzene rings is 4. The van der Waals surface area contributed by atoms with Gasteiger partial charge in [-0.3, -0.25) is 4.79 Å². The fourth-order valence-corrected chi connectivity index (χ4v) is 4.80. The molecule has 0 spiro atoms. The highest BCUT2D eigenvalue weighted by molar-refractivity contribution is 5.94. The van der Waals surface area contributed by atoms with Gasteiger partial charge in [0.2, 0.25) is 5.41 Å². The van der Waals surface area contributed by atoms with Crippen molar-refractivity contribution in [2.24, 2.45) is 0 Å². The molecule has 11 heteroatoms. The highest BCUT2D eigenvalue weighted by Crippen LogP contribution is 2.57. The van der Waals surface area contributed by atoms with Crippen LogP contribution in [0.4, 0.5) is 26.3 Å². The Morgan fingerprint density at radius 3 is 1.43 bits per heavy atom. The van der Waals surface area contributed by atoms with Crippen LogP contribution < -0.4 is 14.2 Å². The standard InChI is InChI=1S/C33H26F6O5/c1-19-17-24(9-15-28(19)42-4)31(32(34,35)36,33(37,38)39)25-10-16-29(20(2)18-25)44-30(41)23-7-13-27(14-8-23)43-26-11-5-22(6-12-26)21(3)40/h5-18H,1-4H3. The minimum Gasteiger partial charge on any atom is -0.496 e. The van der Waals surface area contributed by atoms with Gasteiger partial charge in [-0.1, -0.05) is 24.3 Å². The zero-order valence-corrected chi connectivity index (χ0v) is 23.9. The van der Waals surface area contributed by atoms with Crippen LogP contribution in [0.15, 0.2) is 84.9 Å². The normalized spacial score (nSPS) is 12.0. The van der Waals surface area contributed by atoms with Gasteiger partial charge in [0.1, 0.15) is 23.0 Å². The fourth-order valence-electron chi connectivity index (χ4n) is 4.80. The Morgan fingerprint density at radius 1 is 0.614 bits per heavy atom. The first kappa shape index (κ1) is 32.1. The predicted octanol–water partition coefficient (Wildman–Crippen LogP) is 8.94. The summed E-state index contributed by atoms with van der Waals surface area (Å²) in [7, 11) is 1.26. The molecule has 0 heterocycles. The van der Waals surface area contributed by atoms with Crippen LogP contribution in [0.25, 0.3) is 0 Å². The molecule has 0 N–H and O–H groups in total. The van der Waals surface area contributed by atoms with E-state index in [1.165, 1.54) is 52.1 Å². The monoisotopic (exact) mass is 616 g/mol. The number of rotatable bonds is 8. The van der Waals surface area contributed by atoms with Crippen LogP contribution in [0.3, 0.4) is 0 Å². The van der Waals surface area contributed by atoms with Crippen molar-refractivity contribution < 1.29 is 50.1 Å². The third-order valence-corrected chi connectivity index (χ3v) is 7.08. The summed E-state index contributed by atoms with van der Waals surface area (Å²) in [6.45, 7) is 4.03. The molecule has 4 aromatic carbocycles. The van der Waals surface area contributed by atoms with Crippen LogP contribution in [0.1, 0.15) is 49.9 Å². The van der Waals surface area contributed by atoms with E-state index in [0.717, 1.165) is 30.3 Å². The molecule has 0 amide bonds. The first-order chi connectivity index (χ1) is 20.6. The Morgan fingerprint density at radius 2 is 1.05 bits per heavy atom. The van der Waals surface area contributed by atoms with Crippen molar-refractivity contribution in [3.05, 3.63) is 118 Å². The van der Waals surface area contributed by atoms with Crippen LogP contribution in [0.5, 0.6) is 23.0 Å². The molecule has 5 nitrogen and oxygen atoms in total. The van der Waals surface area contributed by atoms with Crippen molar-refractivity contribution >= 4 is 11.8 Å². The molecule has 0 aliphatic heterocycles. The number of ketones is 1. The van der Waals surface area contributed by atoms with Gasteiger partial charge in [-0.15, -0.1) is 0 Å². The van der Waals surface area contributed by atoms with Gasteiger partial charge in [-0.2, -0.15) is 26.3 Å².